The molecule has 0 saturated heterocycles. The number of anilines is 1. The molecule has 1 aliphatic rings. The van der Waals surface area contributed by atoms with E-state index in [0.717, 1.165) is 22.6 Å². The summed E-state index contributed by atoms with van der Waals surface area (Å²) in [7, 11) is 0. The van der Waals surface area contributed by atoms with Crippen LogP contribution in [0.15, 0.2) is 48.5 Å². The van der Waals surface area contributed by atoms with Gasteiger partial charge >= 0.3 is 0 Å². The first-order valence-electron chi connectivity index (χ1n) is 7.08. The maximum absolute atomic E-state index is 12.3. The lowest BCUT2D eigenvalue weighted by molar-refractivity contribution is -0.118. The van der Waals surface area contributed by atoms with Crippen LogP contribution >= 0.6 is 0 Å². The van der Waals surface area contributed by atoms with Crippen LogP contribution in [0.5, 0.6) is 5.75 Å². The maximum atomic E-state index is 12.3. The lowest BCUT2D eigenvalue weighted by atomic mass is 10.1. The van der Waals surface area contributed by atoms with Crippen LogP contribution in [-0.2, 0) is 17.9 Å². The summed E-state index contributed by atoms with van der Waals surface area (Å²) < 4.78 is 5.64. The van der Waals surface area contributed by atoms with Gasteiger partial charge in [0.1, 0.15) is 5.75 Å². The van der Waals surface area contributed by atoms with E-state index in [4.69, 9.17) is 10.5 Å². The lowest BCUT2D eigenvalue weighted by Gasteiger charge is -2.22. The molecule has 0 unspecified atom stereocenters. The van der Waals surface area contributed by atoms with E-state index in [1.54, 1.807) is 4.90 Å². The molecule has 0 spiro atoms. The first-order chi connectivity index (χ1) is 10.3. The number of hydrogen-bond donors (Lipinski definition) is 1. The Morgan fingerprint density at radius 1 is 1.05 bits per heavy atom. The van der Waals surface area contributed by atoms with Crippen molar-refractivity contribution >= 4 is 11.6 Å². The number of fused-ring (bicyclic) bond motifs is 1. The largest absolute Gasteiger partial charge is 0.491 e. The normalized spacial score (nSPS) is 14.3. The van der Waals surface area contributed by atoms with Gasteiger partial charge in [0.25, 0.3) is 0 Å². The number of amides is 1. The van der Waals surface area contributed by atoms with Gasteiger partial charge in [-0.25, -0.2) is 0 Å². The standard InChI is InChI=1S/C17H18N2O2/c18-11-13-5-7-14(8-6-13)12-19-15-3-1-2-4-16(15)21-10-9-17(19)20/h1-8H,9-12,18H2. The van der Waals surface area contributed by atoms with Crippen LogP contribution in [0.4, 0.5) is 5.69 Å². The molecule has 2 N–H and O–H groups in total. The first-order valence-corrected chi connectivity index (χ1v) is 7.08. The van der Waals surface area contributed by atoms with Gasteiger partial charge in [-0.1, -0.05) is 36.4 Å². The molecule has 4 nitrogen and oxygen atoms in total. The minimum atomic E-state index is 0.0860. The van der Waals surface area contributed by atoms with Gasteiger partial charge in [0.2, 0.25) is 5.91 Å². The summed E-state index contributed by atoms with van der Waals surface area (Å²) in [6, 6.07) is 15.7. The Hall–Kier alpha value is -2.33. The zero-order chi connectivity index (χ0) is 14.7. The molecule has 108 valence electrons. The number of nitrogens with zero attached hydrogens (tertiary/aromatic N) is 1. The molecule has 0 saturated carbocycles. The van der Waals surface area contributed by atoms with E-state index in [-0.39, 0.29) is 5.91 Å². The lowest BCUT2D eigenvalue weighted by Crippen LogP contribution is -2.29. The highest BCUT2D eigenvalue weighted by atomic mass is 16.5. The van der Waals surface area contributed by atoms with Crippen molar-refractivity contribution < 1.29 is 9.53 Å². The molecule has 1 amide bonds. The number of carbonyl (C=O) groups is 1. The van der Waals surface area contributed by atoms with Crippen molar-refractivity contribution in [2.45, 2.75) is 19.5 Å². The van der Waals surface area contributed by atoms with Crippen molar-refractivity contribution in [2.75, 3.05) is 11.5 Å². The number of hydrogen-bond acceptors (Lipinski definition) is 3. The van der Waals surface area contributed by atoms with Crippen LogP contribution in [0.1, 0.15) is 17.5 Å². The van der Waals surface area contributed by atoms with Crippen LogP contribution in [0.25, 0.3) is 0 Å². The van der Waals surface area contributed by atoms with E-state index >= 15 is 0 Å². The van der Waals surface area contributed by atoms with Crippen LogP contribution in [0.3, 0.4) is 0 Å². The maximum Gasteiger partial charge on any atom is 0.230 e. The van der Waals surface area contributed by atoms with Crippen molar-refractivity contribution in [3.8, 4) is 5.75 Å². The van der Waals surface area contributed by atoms with E-state index in [2.05, 4.69) is 0 Å². The van der Waals surface area contributed by atoms with Crippen molar-refractivity contribution in [3.63, 3.8) is 0 Å². The van der Waals surface area contributed by atoms with Gasteiger partial charge in [-0.05, 0) is 23.3 Å². The molecule has 0 atom stereocenters. The summed E-state index contributed by atoms with van der Waals surface area (Å²) in [6.45, 7) is 1.50. The van der Waals surface area contributed by atoms with Gasteiger partial charge < -0.3 is 15.4 Å². The summed E-state index contributed by atoms with van der Waals surface area (Å²) in [6.07, 6.45) is 0.398. The van der Waals surface area contributed by atoms with Crippen LogP contribution in [0, 0.1) is 0 Å². The number of benzene rings is 2. The smallest absolute Gasteiger partial charge is 0.230 e. The molecule has 0 bridgehead atoms. The second kappa shape index (κ2) is 5.97. The summed E-state index contributed by atoms with van der Waals surface area (Å²) in [5, 5.41) is 0. The van der Waals surface area contributed by atoms with Crippen molar-refractivity contribution in [1.29, 1.82) is 0 Å². The number of rotatable bonds is 3. The van der Waals surface area contributed by atoms with E-state index in [9.17, 15) is 4.79 Å². The molecule has 0 aliphatic carbocycles. The Labute approximate surface area is 124 Å². The second-order valence-electron chi connectivity index (χ2n) is 5.07. The highest BCUT2D eigenvalue weighted by Gasteiger charge is 2.22. The fraction of sp³-hybridized carbons (Fsp3) is 0.235. The average Bonchev–Trinajstić information content (AvgIpc) is 2.68. The molecule has 21 heavy (non-hydrogen) atoms. The zero-order valence-electron chi connectivity index (χ0n) is 11.8. The zero-order valence-corrected chi connectivity index (χ0v) is 11.8. The van der Waals surface area contributed by atoms with Gasteiger partial charge in [-0.2, -0.15) is 0 Å². The molecule has 2 aromatic carbocycles. The highest BCUT2D eigenvalue weighted by Crippen LogP contribution is 2.32. The van der Waals surface area contributed by atoms with E-state index < -0.39 is 0 Å². The Kier molecular flexibility index (Phi) is 3.88. The molecule has 4 heteroatoms. The summed E-state index contributed by atoms with van der Waals surface area (Å²) >= 11 is 0. The Balaban J connectivity index is 1.90. The minimum absolute atomic E-state index is 0.0860. The third-order valence-corrected chi connectivity index (χ3v) is 3.63. The van der Waals surface area contributed by atoms with Crippen molar-refractivity contribution in [1.82, 2.24) is 0 Å². The van der Waals surface area contributed by atoms with Gasteiger partial charge in [-0.3, -0.25) is 4.79 Å². The van der Waals surface area contributed by atoms with Crippen LogP contribution in [-0.4, -0.2) is 12.5 Å². The molecule has 0 aromatic heterocycles. The van der Waals surface area contributed by atoms with E-state index in [1.807, 2.05) is 48.5 Å². The third-order valence-electron chi connectivity index (χ3n) is 3.63. The quantitative estimate of drug-likeness (QED) is 0.941. The van der Waals surface area contributed by atoms with Crippen LogP contribution < -0.4 is 15.4 Å². The van der Waals surface area contributed by atoms with Gasteiger partial charge in [0, 0.05) is 6.54 Å². The molecular weight excluding hydrogens is 264 g/mol. The molecule has 0 fully saturated rings. The predicted octanol–water partition coefficient (Wildman–Crippen LogP) is 2.46. The van der Waals surface area contributed by atoms with Gasteiger partial charge in [-0.15, -0.1) is 0 Å². The third kappa shape index (κ3) is 2.90. The molecule has 0 radical (unpaired) electrons. The number of ether oxygens (including phenoxy) is 1. The topological polar surface area (TPSA) is 55.6 Å². The van der Waals surface area contributed by atoms with Gasteiger partial charge in [0.15, 0.2) is 0 Å². The van der Waals surface area contributed by atoms with Crippen molar-refractivity contribution in [3.05, 3.63) is 59.7 Å². The van der Waals surface area contributed by atoms with E-state index in [1.165, 1.54) is 0 Å². The monoisotopic (exact) mass is 282 g/mol. The number of para-hydroxylation sites is 2. The molecule has 1 aliphatic heterocycles. The Bertz CT molecular complexity index is 637. The summed E-state index contributed by atoms with van der Waals surface area (Å²) in [5.74, 6) is 0.852. The Morgan fingerprint density at radius 3 is 2.52 bits per heavy atom. The fourth-order valence-electron chi connectivity index (χ4n) is 2.46. The minimum Gasteiger partial charge on any atom is -0.491 e. The van der Waals surface area contributed by atoms with Crippen molar-refractivity contribution in [2.24, 2.45) is 5.73 Å². The summed E-state index contributed by atoms with van der Waals surface area (Å²) in [4.78, 5) is 14.1. The summed E-state index contributed by atoms with van der Waals surface area (Å²) in [5.41, 5.74) is 8.61. The predicted molar refractivity (Wildman–Crippen MR) is 82.1 cm³/mol. The molecule has 1 heterocycles. The average molecular weight is 282 g/mol. The molecular formula is C17H18N2O2. The first kappa shape index (κ1) is 13.6. The van der Waals surface area contributed by atoms with Crippen LogP contribution in [0.2, 0.25) is 0 Å². The SMILES string of the molecule is NCc1ccc(CN2C(=O)CCOc3ccccc32)cc1. The number of carbonyl (C=O) groups excluding carboxylic acids is 1. The fourth-order valence-corrected chi connectivity index (χ4v) is 2.46. The molecule has 2 aromatic rings. The van der Waals surface area contributed by atoms with E-state index in [0.29, 0.717) is 26.1 Å². The van der Waals surface area contributed by atoms with Gasteiger partial charge in [0.05, 0.1) is 25.3 Å². The number of nitrogens with two attached hydrogens (primary N) is 1. The highest BCUT2D eigenvalue weighted by molar-refractivity contribution is 5.95. The molecule has 3 rings (SSSR count). The second-order valence-corrected chi connectivity index (χ2v) is 5.07. The Morgan fingerprint density at radius 2 is 1.76 bits per heavy atom.